The van der Waals surface area contributed by atoms with Crippen LogP contribution in [0.1, 0.15) is 17.0 Å². The Morgan fingerprint density at radius 3 is 2.50 bits per heavy atom. The van der Waals surface area contributed by atoms with E-state index in [1.807, 2.05) is 42.5 Å². The maximum atomic E-state index is 11.3. The van der Waals surface area contributed by atoms with E-state index in [9.17, 15) is 9.59 Å². The molecule has 18 heavy (non-hydrogen) atoms. The van der Waals surface area contributed by atoms with Gasteiger partial charge in [-0.1, -0.05) is 30.3 Å². The van der Waals surface area contributed by atoms with E-state index in [1.54, 1.807) is 0 Å². The molecule has 0 saturated heterocycles. The summed E-state index contributed by atoms with van der Waals surface area (Å²) in [5.74, 6) is -0.232. The van der Waals surface area contributed by atoms with Crippen LogP contribution in [0.25, 0.3) is 11.1 Å². The molecule has 3 rings (SSSR count). The summed E-state index contributed by atoms with van der Waals surface area (Å²) in [6, 6.07) is 13.5. The molecule has 3 nitrogen and oxygen atoms in total. The van der Waals surface area contributed by atoms with Gasteiger partial charge in [-0.25, -0.2) is 0 Å². The zero-order valence-corrected chi connectivity index (χ0v) is 9.59. The quantitative estimate of drug-likeness (QED) is 0.834. The number of anilines is 1. The van der Waals surface area contributed by atoms with Crippen LogP contribution in [-0.4, -0.2) is 12.7 Å². The molecule has 0 aliphatic heterocycles. The molecule has 88 valence electrons. The molecule has 0 spiro atoms. The van der Waals surface area contributed by atoms with E-state index in [1.165, 1.54) is 0 Å². The van der Waals surface area contributed by atoms with Crippen molar-refractivity contribution < 1.29 is 9.59 Å². The van der Waals surface area contributed by atoms with Crippen molar-refractivity contribution >= 4 is 18.4 Å². The average molecular weight is 237 g/mol. The highest BCUT2D eigenvalue weighted by atomic mass is 16.1. The molecule has 0 radical (unpaired) electrons. The molecule has 1 aliphatic rings. The molecule has 3 heteroatoms. The molecule has 0 heterocycles. The largest absolute Gasteiger partial charge is 0.329 e. The molecule has 2 aromatic carbocycles. The van der Waals surface area contributed by atoms with Crippen LogP contribution in [0.3, 0.4) is 0 Å². The molecule has 0 aromatic heterocycles. The second kappa shape index (κ2) is 4.11. The standard InChI is InChI=1S/C15H11NO2/c17-8-15-12-4-2-1-3-11(12)13-6-5-10(16-9-18)7-14(13)15/h1-9,15H,(H,16,18). The first kappa shape index (κ1) is 10.7. The Labute approximate surface area is 104 Å². The van der Waals surface area contributed by atoms with E-state index in [0.29, 0.717) is 12.1 Å². The van der Waals surface area contributed by atoms with E-state index >= 15 is 0 Å². The lowest BCUT2D eigenvalue weighted by Crippen LogP contribution is -1.99. The molecule has 0 fully saturated rings. The summed E-state index contributed by atoms with van der Waals surface area (Å²) in [5.41, 5.74) is 4.87. The number of carbonyl (C=O) groups is 2. The number of amides is 1. The number of hydrogen-bond donors (Lipinski definition) is 1. The zero-order chi connectivity index (χ0) is 12.5. The number of nitrogens with one attached hydrogen (secondary N) is 1. The molecule has 0 saturated carbocycles. The van der Waals surface area contributed by atoms with Gasteiger partial charge in [0.05, 0.1) is 5.92 Å². The SMILES string of the molecule is O=CNc1ccc2c(c1)C(C=O)c1ccccc1-2. The van der Waals surface area contributed by atoms with E-state index in [0.717, 1.165) is 28.5 Å². The van der Waals surface area contributed by atoms with Crippen LogP contribution in [0, 0.1) is 0 Å². The number of hydrogen-bond acceptors (Lipinski definition) is 2. The third-order valence-electron chi connectivity index (χ3n) is 3.33. The normalized spacial score (nSPS) is 15.7. The van der Waals surface area contributed by atoms with Gasteiger partial charge in [-0.2, -0.15) is 0 Å². The number of carbonyl (C=O) groups excluding carboxylic acids is 2. The summed E-state index contributed by atoms with van der Waals surface area (Å²) in [4.78, 5) is 21.8. The summed E-state index contributed by atoms with van der Waals surface area (Å²) in [6.07, 6.45) is 1.59. The molecular weight excluding hydrogens is 226 g/mol. The molecule has 1 amide bonds. The zero-order valence-electron chi connectivity index (χ0n) is 9.59. The van der Waals surface area contributed by atoms with Crippen LogP contribution in [0.4, 0.5) is 5.69 Å². The smallest absolute Gasteiger partial charge is 0.211 e. The first-order valence-corrected chi connectivity index (χ1v) is 5.74. The van der Waals surface area contributed by atoms with Crippen molar-refractivity contribution in [1.29, 1.82) is 0 Å². The lowest BCUT2D eigenvalue weighted by molar-refractivity contribution is -0.108. The van der Waals surface area contributed by atoms with Crippen LogP contribution < -0.4 is 5.32 Å². The fraction of sp³-hybridized carbons (Fsp3) is 0.0667. The Bertz CT molecular complexity index is 634. The number of benzene rings is 2. The third kappa shape index (κ3) is 1.44. The van der Waals surface area contributed by atoms with Gasteiger partial charge in [-0.15, -0.1) is 0 Å². The average Bonchev–Trinajstić information content (AvgIpc) is 2.72. The lowest BCUT2D eigenvalue weighted by Gasteiger charge is -2.06. The Morgan fingerprint density at radius 1 is 0.944 bits per heavy atom. The minimum Gasteiger partial charge on any atom is -0.329 e. The lowest BCUT2D eigenvalue weighted by atomic mass is 9.98. The van der Waals surface area contributed by atoms with Crippen molar-refractivity contribution in [3.63, 3.8) is 0 Å². The maximum Gasteiger partial charge on any atom is 0.211 e. The molecule has 1 unspecified atom stereocenters. The van der Waals surface area contributed by atoms with Gasteiger partial charge in [0, 0.05) is 5.69 Å². The van der Waals surface area contributed by atoms with Crippen molar-refractivity contribution in [2.45, 2.75) is 5.92 Å². The Morgan fingerprint density at radius 2 is 1.72 bits per heavy atom. The van der Waals surface area contributed by atoms with Crippen LogP contribution >= 0.6 is 0 Å². The van der Waals surface area contributed by atoms with Crippen molar-refractivity contribution in [2.75, 3.05) is 5.32 Å². The van der Waals surface area contributed by atoms with E-state index in [4.69, 9.17) is 0 Å². The highest BCUT2D eigenvalue weighted by molar-refractivity contribution is 5.89. The van der Waals surface area contributed by atoms with Crippen molar-refractivity contribution in [3.05, 3.63) is 53.6 Å². The first-order valence-electron chi connectivity index (χ1n) is 5.74. The monoisotopic (exact) mass is 237 g/mol. The predicted molar refractivity (Wildman–Crippen MR) is 69.5 cm³/mol. The van der Waals surface area contributed by atoms with Gasteiger partial charge in [-0.3, -0.25) is 4.79 Å². The number of rotatable bonds is 3. The third-order valence-corrected chi connectivity index (χ3v) is 3.33. The van der Waals surface area contributed by atoms with E-state index in [-0.39, 0.29) is 5.92 Å². The molecule has 1 N–H and O–H groups in total. The Balaban J connectivity index is 2.20. The molecular formula is C15H11NO2. The first-order chi connectivity index (χ1) is 8.85. The minimum atomic E-state index is -0.232. The van der Waals surface area contributed by atoms with Gasteiger partial charge in [0.1, 0.15) is 6.29 Å². The van der Waals surface area contributed by atoms with Crippen LogP contribution in [0.15, 0.2) is 42.5 Å². The highest BCUT2D eigenvalue weighted by Crippen LogP contribution is 2.44. The summed E-state index contributed by atoms with van der Waals surface area (Å²) >= 11 is 0. The summed E-state index contributed by atoms with van der Waals surface area (Å²) in [5, 5.41) is 2.61. The van der Waals surface area contributed by atoms with Crippen molar-refractivity contribution in [2.24, 2.45) is 0 Å². The fourth-order valence-corrected chi connectivity index (χ4v) is 2.55. The van der Waals surface area contributed by atoms with Crippen LogP contribution in [0.5, 0.6) is 0 Å². The topological polar surface area (TPSA) is 46.2 Å². The van der Waals surface area contributed by atoms with Gasteiger partial charge in [0.2, 0.25) is 6.41 Å². The summed E-state index contributed by atoms with van der Waals surface area (Å²) in [6.45, 7) is 0. The van der Waals surface area contributed by atoms with Crippen LogP contribution in [-0.2, 0) is 9.59 Å². The van der Waals surface area contributed by atoms with Crippen molar-refractivity contribution in [1.82, 2.24) is 0 Å². The maximum absolute atomic E-state index is 11.3. The van der Waals surface area contributed by atoms with Gasteiger partial charge >= 0.3 is 0 Å². The minimum absolute atomic E-state index is 0.232. The molecule has 2 aromatic rings. The van der Waals surface area contributed by atoms with Gasteiger partial charge in [0.25, 0.3) is 0 Å². The second-order valence-corrected chi connectivity index (χ2v) is 4.27. The number of aldehydes is 1. The van der Waals surface area contributed by atoms with Crippen molar-refractivity contribution in [3.8, 4) is 11.1 Å². The fourth-order valence-electron chi connectivity index (χ4n) is 2.55. The molecule has 1 aliphatic carbocycles. The summed E-state index contributed by atoms with van der Waals surface area (Å²) in [7, 11) is 0. The molecule has 1 atom stereocenters. The van der Waals surface area contributed by atoms with Gasteiger partial charge < -0.3 is 10.1 Å². The highest BCUT2D eigenvalue weighted by Gasteiger charge is 2.27. The predicted octanol–water partition coefficient (Wildman–Crippen LogP) is 2.57. The summed E-state index contributed by atoms with van der Waals surface area (Å²) < 4.78 is 0. The second-order valence-electron chi connectivity index (χ2n) is 4.27. The van der Waals surface area contributed by atoms with E-state index < -0.39 is 0 Å². The van der Waals surface area contributed by atoms with Gasteiger partial charge in [-0.05, 0) is 34.4 Å². The van der Waals surface area contributed by atoms with Gasteiger partial charge in [0.15, 0.2) is 0 Å². The Hall–Kier alpha value is -2.42. The molecule has 0 bridgehead atoms. The van der Waals surface area contributed by atoms with Crippen LogP contribution in [0.2, 0.25) is 0 Å². The Kier molecular flexibility index (Phi) is 2.45. The number of fused-ring (bicyclic) bond motifs is 3. The van der Waals surface area contributed by atoms with E-state index in [2.05, 4.69) is 5.32 Å².